The molecule has 4 aromatic rings. The number of hydrogen-bond acceptors (Lipinski definition) is 7. The Labute approximate surface area is 194 Å². The Bertz CT molecular complexity index is 1160. The maximum Gasteiger partial charge on any atom is 0.223 e. The van der Waals surface area contributed by atoms with Crippen LogP contribution in [0.3, 0.4) is 0 Å². The molecule has 0 amide bonds. The number of nitrogens with zero attached hydrogens (tertiary/aromatic N) is 4. The predicted molar refractivity (Wildman–Crippen MR) is 127 cm³/mol. The molecular weight excluding hydrogens is 530 g/mol. The number of aryl methyl sites for hydroxylation is 2. The Morgan fingerprint density at radius 3 is 2.84 bits per heavy atom. The molecule has 8 nitrogen and oxygen atoms in total. The minimum atomic E-state index is 0.390. The van der Waals surface area contributed by atoms with Crippen molar-refractivity contribution < 1.29 is 18.5 Å². The van der Waals surface area contributed by atoms with E-state index in [9.17, 15) is 0 Å². The summed E-state index contributed by atoms with van der Waals surface area (Å²) in [6.45, 7) is 6.35. The summed E-state index contributed by atoms with van der Waals surface area (Å²) >= 11 is 2.20. The van der Waals surface area contributed by atoms with Crippen LogP contribution in [-0.4, -0.2) is 32.7 Å². The van der Waals surface area contributed by atoms with Crippen LogP contribution in [0, 0.1) is 13.8 Å². The molecule has 1 atom stereocenters. The van der Waals surface area contributed by atoms with E-state index < -0.39 is 0 Å². The van der Waals surface area contributed by atoms with Crippen molar-refractivity contribution in [2.24, 2.45) is 0 Å². The normalized spacial score (nSPS) is 11.7. The van der Waals surface area contributed by atoms with E-state index in [4.69, 9.17) is 18.5 Å². The lowest BCUT2D eigenvalue weighted by Crippen LogP contribution is -2.03. The third-order valence-corrected chi connectivity index (χ3v) is 5.90. The number of aromatic nitrogens is 4. The summed E-state index contributed by atoms with van der Waals surface area (Å²) in [6, 6.07) is 9.93. The van der Waals surface area contributed by atoms with E-state index in [2.05, 4.69) is 37.2 Å². The van der Waals surface area contributed by atoms with Gasteiger partial charge in [0.15, 0.2) is 0 Å². The third kappa shape index (κ3) is 5.60. The highest BCUT2D eigenvalue weighted by Gasteiger charge is 2.11. The highest BCUT2D eigenvalue weighted by molar-refractivity contribution is 14.2. The van der Waals surface area contributed by atoms with Gasteiger partial charge in [-0.15, -0.1) is 0 Å². The summed E-state index contributed by atoms with van der Waals surface area (Å²) in [5.41, 5.74) is 4.77. The number of ether oxygens (including phenoxy) is 2. The van der Waals surface area contributed by atoms with Crippen LogP contribution in [0.15, 0.2) is 47.2 Å². The zero-order valence-electron chi connectivity index (χ0n) is 17.2. The number of halogens is 1. The van der Waals surface area contributed by atoms with Gasteiger partial charge in [0.05, 0.1) is 38.2 Å². The first-order chi connectivity index (χ1) is 15.1. The van der Waals surface area contributed by atoms with E-state index in [0.717, 1.165) is 33.8 Å². The van der Waals surface area contributed by atoms with Crippen molar-refractivity contribution >= 4 is 34.1 Å². The van der Waals surface area contributed by atoms with Gasteiger partial charge in [-0.05, 0) is 58.3 Å². The van der Waals surface area contributed by atoms with E-state index in [1.165, 1.54) is 0 Å². The molecule has 162 valence electrons. The minimum absolute atomic E-state index is 0.390. The molecule has 0 aliphatic rings. The Hall–Kier alpha value is -2.07. The van der Waals surface area contributed by atoms with Gasteiger partial charge in [-0.2, -0.15) is 4.98 Å². The van der Waals surface area contributed by atoms with Crippen LogP contribution in [0.25, 0.3) is 17.0 Å². The monoisotopic (exact) mass is 552 g/mol. The van der Waals surface area contributed by atoms with Crippen molar-refractivity contribution in [3.05, 3.63) is 65.4 Å². The summed E-state index contributed by atoms with van der Waals surface area (Å²) in [7, 11) is 0. The van der Waals surface area contributed by atoms with Gasteiger partial charge < -0.3 is 22.9 Å². The van der Waals surface area contributed by atoms with E-state index in [0.29, 0.717) is 44.6 Å². The largest absolute Gasteiger partial charge is 0.487 e. The van der Waals surface area contributed by atoms with Crippen LogP contribution < -0.4 is 4.74 Å². The molecule has 3 aromatic heterocycles. The number of fused-ring (bicyclic) bond motifs is 1. The molecule has 0 bridgehead atoms. The Kier molecular flexibility index (Phi) is 7.49. The van der Waals surface area contributed by atoms with Crippen LogP contribution in [0.1, 0.15) is 22.7 Å². The average Bonchev–Trinajstić information content (AvgIpc) is 3.39. The van der Waals surface area contributed by atoms with Crippen molar-refractivity contribution in [2.75, 3.05) is 13.2 Å². The van der Waals surface area contributed by atoms with Crippen molar-refractivity contribution in [3.63, 3.8) is 0 Å². The van der Waals surface area contributed by atoms with Crippen molar-refractivity contribution in [1.82, 2.24) is 19.5 Å². The molecule has 0 spiro atoms. The predicted octanol–water partition coefficient (Wildman–Crippen LogP) is 5.06. The van der Waals surface area contributed by atoms with Crippen LogP contribution in [0.2, 0.25) is 0 Å². The van der Waals surface area contributed by atoms with Gasteiger partial charge in [-0.1, -0.05) is 17.3 Å². The van der Waals surface area contributed by atoms with Gasteiger partial charge in [0.25, 0.3) is 0 Å². The quantitative estimate of drug-likeness (QED) is 0.155. The maximum absolute atomic E-state index is 6.11. The highest BCUT2D eigenvalue weighted by Crippen LogP contribution is 2.26. The summed E-state index contributed by atoms with van der Waals surface area (Å²) in [6.07, 6.45) is 3.82. The molecular formula is C21H22IN4O4P. The number of imidazole rings is 1. The Balaban J connectivity index is 1.42. The fourth-order valence-electron chi connectivity index (χ4n) is 3.06. The van der Waals surface area contributed by atoms with E-state index >= 15 is 0 Å². The molecule has 1 unspecified atom stereocenters. The van der Waals surface area contributed by atoms with Gasteiger partial charge in [0, 0.05) is 18.7 Å². The van der Waals surface area contributed by atoms with Crippen molar-refractivity contribution in [2.45, 2.75) is 27.1 Å². The molecule has 0 aliphatic carbocycles. The second-order valence-corrected chi connectivity index (χ2v) is 8.66. The second kappa shape index (κ2) is 10.5. The molecule has 0 N–H and O–H groups in total. The summed E-state index contributed by atoms with van der Waals surface area (Å²) < 4.78 is 24.1. The average molecular weight is 552 g/mol. The van der Waals surface area contributed by atoms with Crippen molar-refractivity contribution in [1.29, 1.82) is 0 Å². The zero-order valence-corrected chi connectivity index (χ0v) is 20.3. The standard InChI is InChI=1S/C21H22IN4O4P/c1-14-3-4-17(21-24-15(2)30-25-21)10-19(14)28-13-18-11-23-20-9-16(5-6-26(18)20)12-27-7-8-29-31-22/h3-6,9-11,31H,7-8,12-13H2,1-2H3. The molecule has 3 heterocycles. The van der Waals surface area contributed by atoms with Gasteiger partial charge in [-0.25, -0.2) is 4.98 Å². The lowest BCUT2D eigenvalue weighted by molar-refractivity contribution is 0.0946. The summed E-state index contributed by atoms with van der Waals surface area (Å²) in [5, 5.41) is 3.98. The lowest BCUT2D eigenvalue weighted by Gasteiger charge is -2.10. The molecule has 0 fully saturated rings. The number of benzene rings is 1. The van der Waals surface area contributed by atoms with Gasteiger partial charge >= 0.3 is 0 Å². The Morgan fingerprint density at radius 1 is 1.13 bits per heavy atom. The second-order valence-electron chi connectivity index (χ2n) is 6.90. The van der Waals surface area contributed by atoms with Crippen LogP contribution in [-0.2, 0) is 22.5 Å². The highest BCUT2D eigenvalue weighted by atomic mass is 127. The van der Waals surface area contributed by atoms with Crippen LogP contribution in [0.4, 0.5) is 0 Å². The zero-order chi connectivity index (χ0) is 21.6. The van der Waals surface area contributed by atoms with Gasteiger partial charge in [0.2, 0.25) is 11.7 Å². The minimum Gasteiger partial charge on any atom is -0.487 e. The van der Waals surface area contributed by atoms with E-state index in [-0.39, 0.29) is 0 Å². The lowest BCUT2D eigenvalue weighted by atomic mass is 10.1. The fraction of sp³-hybridized carbons (Fsp3) is 0.286. The Morgan fingerprint density at radius 2 is 2.03 bits per heavy atom. The number of hydrogen-bond donors (Lipinski definition) is 0. The first kappa shape index (κ1) is 22.1. The summed E-state index contributed by atoms with van der Waals surface area (Å²) in [4.78, 5) is 8.79. The fourth-order valence-corrected chi connectivity index (χ4v) is 3.89. The van der Waals surface area contributed by atoms with Gasteiger partial charge in [-0.3, -0.25) is 0 Å². The smallest absolute Gasteiger partial charge is 0.223 e. The third-order valence-electron chi connectivity index (χ3n) is 4.66. The topological polar surface area (TPSA) is 83.9 Å². The molecule has 31 heavy (non-hydrogen) atoms. The maximum atomic E-state index is 6.11. The van der Waals surface area contributed by atoms with Crippen LogP contribution >= 0.6 is 28.5 Å². The molecule has 0 saturated carbocycles. The number of pyridine rings is 1. The molecule has 0 radical (unpaired) electrons. The first-order valence-corrected chi connectivity index (χ1v) is 13.7. The van der Waals surface area contributed by atoms with Crippen LogP contribution in [0.5, 0.6) is 5.75 Å². The SMILES string of the molecule is Cc1nc(-c2ccc(C)c(OCc3cnc4cc(COCCOPI)ccn34)c2)no1. The van der Waals surface area contributed by atoms with E-state index in [1.807, 2.05) is 54.0 Å². The van der Waals surface area contributed by atoms with Gasteiger partial charge in [0.1, 0.15) is 18.0 Å². The molecule has 0 saturated heterocycles. The first-order valence-electron chi connectivity index (χ1n) is 9.68. The van der Waals surface area contributed by atoms with Crippen molar-refractivity contribution in [3.8, 4) is 17.1 Å². The molecule has 10 heteroatoms. The molecule has 1 aromatic carbocycles. The molecule has 0 aliphatic heterocycles. The molecule has 4 rings (SSSR count). The number of rotatable bonds is 10. The van der Waals surface area contributed by atoms with E-state index in [1.54, 1.807) is 6.92 Å². The summed E-state index contributed by atoms with van der Waals surface area (Å²) in [5.74, 6) is 1.85.